The van der Waals surface area contributed by atoms with Crippen molar-refractivity contribution < 1.29 is 19.4 Å². The fraction of sp³-hybridized carbons (Fsp3) is 0.417. The van der Waals surface area contributed by atoms with Gasteiger partial charge in [0.15, 0.2) is 0 Å². The van der Waals surface area contributed by atoms with Gasteiger partial charge in [0, 0.05) is 10.0 Å². The van der Waals surface area contributed by atoms with Crippen molar-refractivity contribution in [2.75, 3.05) is 13.2 Å². The van der Waals surface area contributed by atoms with Crippen molar-refractivity contribution in [2.45, 2.75) is 45.9 Å². The summed E-state index contributed by atoms with van der Waals surface area (Å²) in [5.74, 6) is -1.11. The average molecular weight is 479 g/mol. The van der Waals surface area contributed by atoms with E-state index >= 15 is 0 Å². The molecule has 172 valence electrons. The standard InChI is InChI=1S/C24H28Cl2N2O4/c1-14(15-5-7-16(8-6-15)23(30)31)28-20(12-32-13-24(2,3)4)27-21(22(28)29)17-9-18(25)11-19(26)10-17/h5-11,14,20-21,27H,12-13H2,1-4H3,(H,30,31)/t14-,20?,21?/m1/s1. The number of carboxylic acid groups (broad SMARTS) is 1. The molecular weight excluding hydrogens is 451 g/mol. The summed E-state index contributed by atoms with van der Waals surface area (Å²) in [4.78, 5) is 26.4. The number of carbonyl (C=O) groups is 2. The van der Waals surface area contributed by atoms with E-state index in [1.807, 2.05) is 6.92 Å². The number of ether oxygens (including phenoxy) is 1. The van der Waals surface area contributed by atoms with Crippen molar-refractivity contribution in [2.24, 2.45) is 5.41 Å². The molecule has 1 heterocycles. The van der Waals surface area contributed by atoms with Crippen LogP contribution in [0.3, 0.4) is 0 Å². The lowest BCUT2D eigenvalue weighted by atomic mass is 9.99. The van der Waals surface area contributed by atoms with E-state index in [9.17, 15) is 9.59 Å². The van der Waals surface area contributed by atoms with Crippen molar-refractivity contribution >= 4 is 35.1 Å². The summed E-state index contributed by atoms with van der Waals surface area (Å²) in [6, 6.07) is 10.7. The van der Waals surface area contributed by atoms with Crippen molar-refractivity contribution in [3.63, 3.8) is 0 Å². The number of carboxylic acids is 1. The Balaban J connectivity index is 1.89. The molecule has 1 amide bonds. The zero-order chi connectivity index (χ0) is 23.6. The van der Waals surface area contributed by atoms with Gasteiger partial charge in [0.25, 0.3) is 0 Å². The molecule has 6 nitrogen and oxygen atoms in total. The molecule has 1 aliphatic rings. The summed E-state index contributed by atoms with van der Waals surface area (Å²) in [5, 5.41) is 13.4. The Bertz CT molecular complexity index is 968. The number of benzene rings is 2. The molecule has 1 saturated heterocycles. The minimum atomic E-state index is -0.991. The van der Waals surface area contributed by atoms with Crippen LogP contribution in [-0.4, -0.2) is 41.3 Å². The van der Waals surface area contributed by atoms with Gasteiger partial charge in [0.05, 0.1) is 24.8 Å². The number of nitrogens with one attached hydrogen (secondary N) is 1. The third-order valence-electron chi connectivity index (χ3n) is 5.28. The second-order valence-electron chi connectivity index (χ2n) is 9.24. The molecule has 1 aliphatic heterocycles. The molecule has 0 radical (unpaired) electrons. The van der Waals surface area contributed by atoms with Crippen LogP contribution in [0.15, 0.2) is 42.5 Å². The summed E-state index contributed by atoms with van der Waals surface area (Å²) in [7, 11) is 0. The quantitative estimate of drug-likeness (QED) is 0.563. The van der Waals surface area contributed by atoms with Crippen LogP contribution >= 0.6 is 23.2 Å². The molecule has 0 bridgehead atoms. The zero-order valence-electron chi connectivity index (χ0n) is 18.6. The van der Waals surface area contributed by atoms with Crippen LogP contribution in [0.2, 0.25) is 10.0 Å². The van der Waals surface area contributed by atoms with E-state index in [0.717, 1.165) is 5.56 Å². The summed E-state index contributed by atoms with van der Waals surface area (Å²) in [5.41, 5.74) is 1.70. The topological polar surface area (TPSA) is 78.9 Å². The molecular formula is C24H28Cl2N2O4. The van der Waals surface area contributed by atoms with Gasteiger partial charge in [-0.2, -0.15) is 0 Å². The molecule has 2 unspecified atom stereocenters. The Morgan fingerprint density at radius 2 is 1.75 bits per heavy atom. The highest BCUT2D eigenvalue weighted by molar-refractivity contribution is 6.34. The molecule has 32 heavy (non-hydrogen) atoms. The Hall–Kier alpha value is -2.12. The number of nitrogens with zero attached hydrogens (tertiary/aromatic N) is 1. The van der Waals surface area contributed by atoms with Crippen molar-refractivity contribution in [3.05, 3.63) is 69.2 Å². The van der Waals surface area contributed by atoms with Crippen molar-refractivity contribution in [1.82, 2.24) is 10.2 Å². The van der Waals surface area contributed by atoms with Crippen LogP contribution in [-0.2, 0) is 9.53 Å². The highest BCUT2D eigenvalue weighted by Gasteiger charge is 2.42. The molecule has 2 aromatic carbocycles. The number of hydrogen-bond donors (Lipinski definition) is 2. The van der Waals surface area contributed by atoms with E-state index in [4.69, 9.17) is 33.0 Å². The largest absolute Gasteiger partial charge is 0.478 e. The fourth-order valence-corrected chi connectivity index (χ4v) is 4.30. The molecule has 0 aliphatic carbocycles. The van der Waals surface area contributed by atoms with Crippen LogP contribution in [0.1, 0.15) is 61.3 Å². The maximum Gasteiger partial charge on any atom is 0.335 e. The van der Waals surface area contributed by atoms with Crippen molar-refractivity contribution in [3.8, 4) is 0 Å². The molecule has 0 spiro atoms. The van der Waals surface area contributed by atoms with Gasteiger partial charge in [-0.15, -0.1) is 0 Å². The first-order valence-corrected chi connectivity index (χ1v) is 11.2. The summed E-state index contributed by atoms with van der Waals surface area (Å²) in [6.07, 6.45) is -0.373. The fourth-order valence-electron chi connectivity index (χ4n) is 3.76. The van der Waals surface area contributed by atoms with Crippen LogP contribution < -0.4 is 5.32 Å². The van der Waals surface area contributed by atoms with Crippen LogP contribution in [0.4, 0.5) is 0 Å². The van der Waals surface area contributed by atoms with Gasteiger partial charge in [0.2, 0.25) is 5.91 Å². The number of hydrogen-bond acceptors (Lipinski definition) is 4. The first-order chi connectivity index (χ1) is 15.0. The van der Waals surface area contributed by atoms with E-state index in [1.54, 1.807) is 47.4 Å². The smallest absolute Gasteiger partial charge is 0.335 e. The molecule has 8 heteroatoms. The summed E-state index contributed by atoms with van der Waals surface area (Å²) < 4.78 is 5.94. The number of amides is 1. The van der Waals surface area contributed by atoms with Gasteiger partial charge in [-0.1, -0.05) is 56.1 Å². The number of halogens is 2. The summed E-state index contributed by atoms with van der Waals surface area (Å²) in [6.45, 7) is 9.03. The average Bonchev–Trinajstić information content (AvgIpc) is 3.02. The van der Waals surface area contributed by atoms with Gasteiger partial charge in [0.1, 0.15) is 12.2 Å². The molecule has 2 N–H and O–H groups in total. The van der Waals surface area contributed by atoms with E-state index in [2.05, 4.69) is 26.1 Å². The Kier molecular flexibility index (Phi) is 7.50. The van der Waals surface area contributed by atoms with E-state index in [-0.39, 0.29) is 29.1 Å². The Morgan fingerprint density at radius 1 is 1.16 bits per heavy atom. The molecule has 3 atom stereocenters. The molecule has 0 saturated carbocycles. The van der Waals surface area contributed by atoms with Crippen molar-refractivity contribution in [1.29, 1.82) is 0 Å². The molecule has 2 aromatic rings. The monoisotopic (exact) mass is 478 g/mol. The summed E-state index contributed by atoms with van der Waals surface area (Å²) >= 11 is 12.3. The zero-order valence-corrected chi connectivity index (χ0v) is 20.1. The van der Waals surface area contributed by atoms with E-state index < -0.39 is 12.0 Å². The number of aromatic carboxylic acids is 1. The van der Waals surface area contributed by atoms with Gasteiger partial charge in [-0.25, -0.2) is 4.79 Å². The molecule has 0 aromatic heterocycles. The molecule has 1 fully saturated rings. The highest BCUT2D eigenvalue weighted by atomic mass is 35.5. The van der Waals surface area contributed by atoms with Gasteiger partial charge >= 0.3 is 5.97 Å². The first kappa shape index (κ1) is 24.5. The third-order valence-corrected chi connectivity index (χ3v) is 5.72. The number of carbonyl (C=O) groups excluding carboxylic acids is 1. The second kappa shape index (κ2) is 9.79. The number of rotatable bonds is 7. The maximum atomic E-state index is 13.5. The maximum absolute atomic E-state index is 13.5. The second-order valence-corrected chi connectivity index (χ2v) is 10.1. The van der Waals surface area contributed by atoms with E-state index in [1.165, 1.54) is 0 Å². The normalized spacial score (nSPS) is 19.9. The Morgan fingerprint density at radius 3 is 2.28 bits per heavy atom. The van der Waals surface area contributed by atoms with Crippen LogP contribution in [0.5, 0.6) is 0 Å². The lowest BCUT2D eigenvalue weighted by molar-refractivity contribution is -0.133. The highest BCUT2D eigenvalue weighted by Crippen LogP contribution is 2.34. The van der Waals surface area contributed by atoms with Crippen LogP contribution in [0, 0.1) is 5.41 Å². The SMILES string of the molecule is C[C@H](c1ccc(C(=O)O)cc1)N1C(=O)C(c2cc(Cl)cc(Cl)c2)NC1COCC(C)(C)C. The van der Waals surface area contributed by atoms with E-state index in [0.29, 0.717) is 28.8 Å². The predicted molar refractivity (Wildman–Crippen MR) is 125 cm³/mol. The first-order valence-electron chi connectivity index (χ1n) is 10.4. The minimum Gasteiger partial charge on any atom is -0.478 e. The van der Waals surface area contributed by atoms with Gasteiger partial charge in [-0.05, 0) is 53.8 Å². The minimum absolute atomic E-state index is 0.00833. The van der Waals surface area contributed by atoms with Gasteiger partial charge < -0.3 is 14.7 Å². The Labute approximate surface area is 198 Å². The lowest BCUT2D eigenvalue weighted by Crippen LogP contribution is -2.43. The third kappa shape index (κ3) is 5.81. The van der Waals surface area contributed by atoms with Crippen LogP contribution in [0.25, 0.3) is 0 Å². The van der Waals surface area contributed by atoms with Gasteiger partial charge in [-0.3, -0.25) is 10.1 Å². The lowest BCUT2D eigenvalue weighted by Gasteiger charge is -2.31. The predicted octanol–water partition coefficient (Wildman–Crippen LogP) is 5.31. The molecule has 3 rings (SSSR count).